The lowest BCUT2D eigenvalue weighted by molar-refractivity contribution is -0.141. The minimum Gasteiger partial charge on any atom is -0.481 e. The molecule has 4 N–H and O–H groups in total. The van der Waals surface area contributed by atoms with E-state index in [0.717, 1.165) is 12.1 Å². The number of carboxylic acids is 1. The van der Waals surface area contributed by atoms with Gasteiger partial charge in [-0.2, -0.15) is 0 Å². The molecule has 1 aliphatic rings. The number of primary amides is 1. The molecule has 2 unspecified atom stereocenters. The van der Waals surface area contributed by atoms with Crippen LogP contribution < -0.4 is 11.1 Å². The highest BCUT2D eigenvalue weighted by molar-refractivity contribution is 5.91. The van der Waals surface area contributed by atoms with Gasteiger partial charge in [-0.3, -0.25) is 14.6 Å². The Morgan fingerprint density at radius 2 is 2.22 bits per heavy atom. The Hall–Kier alpha value is -2.11. The molecule has 18 heavy (non-hydrogen) atoms. The van der Waals surface area contributed by atoms with Crippen LogP contribution in [0.2, 0.25) is 0 Å². The zero-order valence-corrected chi connectivity index (χ0v) is 9.80. The van der Waals surface area contributed by atoms with Gasteiger partial charge in [-0.05, 0) is 31.4 Å². The van der Waals surface area contributed by atoms with Gasteiger partial charge in [-0.25, -0.2) is 0 Å². The first kappa shape index (κ1) is 12.3. The van der Waals surface area contributed by atoms with Crippen molar-refractivity contribution in [1.82, 2.24) is 4.98 Å². The van der Waals surface area contributed by atoms with Crippen LogP contribution in [0.15, 0.2) is 18.3 Å². The number of amides is 1. The molecule has 0 saturated heterocycles. The van der Waals surface area contributed by atoms with Crippen LogP contribution in [-0.2, 0) is 4.79 Å². The van der Waals surface area contributed by atoms with E-state index in [1.54, 1.807) is 12.1 Å². The van der Waals surface area contributed by atoms with Crippen molar-refractivity contribution in [2.24, 2.45) is 11.7 Å². The molecule has 1 fully saturated rings. The molecule has 0 bridgehead atoms. The number of carboxylic acid groups (broad SMARTS) is 1. The summed E-state index contributed by atoms with van der Waals surface area (Å²) in [5.74, 6) is -1.60. The standard InChI is InChI=1S/C12H15N3O3/c13-11(16)10-6-9(3-4-14-10)15-8-2-1-7(5-8)12(17)18/h3-4,6-8H,1-2,5H2,(H2,13,16)(H,14,15)(H,17,18). The maximum Gasteiger partial charge on any atom is 0.306 e. The summed E-state index contributed by atoms with van der Waals surface area (Å²) in [7, 11) is 0. The molecule has 2 atom stereocenters. The second-order valence-corrected chi connectivity index (χ2v) is 4.48. The predicted octanol–water partition coefficient (Wildman–Crippen LogP) is 0.846. The minimum atomic E-state index is -0.744. The SMILES string of the molecule is NC(=O)c1cc(NC2CCC(C(=O)O)C2)ccn1. The maximum atomic E-state index is 11.0. The molecule has 2 rings (SSSR count). The average Bonchev–Trinajstić information content (AvgIpc) is 2.78. The molecule has 1 aromatic heterocycles. The number of aromatic nitrogens is 1. The zero-order chi connectivity index (χ0) is 13.1. The van der Waals surface area contributed by atoms with Crippen molar-refractivity contribution in [2.45, 2.75) is 25.3 Å². The first-order chi connectivity index (χ1) is 8.56. The highest BCUT2D eigenvalue weighted by Gasteiger charge is 2.29. The average molecular weight is 249 g/mol. The lowest BCUT2D eigenvalue weighted by Gasteiger charge is -2.14. The predicted molar refractivity (Wildman–Crippen MR) is 65.1 cm³/mol. The van der Waals surface area contributed by atoms with Crippen LogP contribution in [0.4, 0.5) is 5.69 Å². The Morgan fingerprint density at radius 3 is 2.83 bits per heavy atom. The second-order valence-electron chi connectivity index (χ2n) is 4.48. The van der Waals surface area contributed by atoms with Gasteiger partial charge in [-0.15, -0.1) is 0 Å². The van der Waals surface area contributed by atoms with Crippen LogP contribution in [0.25, 0.3) is 0 Å². The number of carbonyl (C=O) groups excluding carboxylic acids is 1. The topological polar surface area (TPSA) is 105 Å². The maximum absolute atomic E-state index is 11.0. The van der Waals surface area contributed by atoms with Gasteiger partial charge in [0.25, 0.3) is 5.91 Å². The fraction of sp³-hybridized carbons (Fsp3) is 0.417. The number of hydrogen-bond donors (Lipinski definition) is 3. The Bertz CT molecular complexity index is 475. The Morgan fingerprint density at radius 1 is 1.44 bits per heavy atom. The first-order valence-electron chi connectivity index (χ1n) is 5.81. The van der Waals surface area contributed by atoms with Gasteiger partial charge < -0.3 is 16.2 Å². The number of nitrogens with two attached hydrogens (primary N) is 1. The number of anilines is 1. The third kappa shape index (κ3) is 2.77. The van der Waals surface area contributed by atoms with E-state index in [1.807, 2.05) is 0 Å². The van der Waals surface area contributed by atoms with E-state index < -0.39 is 11.9 Å². The van der Waals surface area contributed by atoms with E-state index in [4.69, 9.17) is 10.8 Å². The van der Waals surface area contributed by atoms with Gasteiger partial charge in [0.1, 0.15) is 5.69 Å². The van der Waals surface area contributed by atoms with E-state index in [2.05, 4.69) is 10.3 Å². The lowest BCUT2D eigenvalue weighted by Crippen LogP contribution is -2.19. The molecule has 1 heterocycles. The van der Waals surface area contributed by atoms with Crippen molar-refractivity contribution in [3.8, 4) is 0 Å². The van der Waals surface area contributed by atoms with Gasteiger partial charge >= 0.3 is 5.97 Å². The fourth-order valence-corrected chi connectivity index (χ4v) is 2.23. The van der Waals surface area contributed by atoms with Crippen LogP contribution in [0, 0.1) is 5.92 Å². The Kier molecular flexibility index (Phi) is 3.45. The van der Waals surface area contributed by atoms with Crippen molar-refractivity contribution in [1.29, 1.82) is 0 Å². The van der Waals surface area contributed by atoms with E-state index in [-0.39, 0.29) is 17.7 Å². The number of pyridine rings is 1. The molecule has 6 heteroatoms. The van der Waals surface area contributed by atoms with Gasteiger partial charge in [-0.1, -0.05) is 0 Å². The molecule has 1 aromatic rings. The molecular weight excluding hydrogens is 234 g/mol. The molecule has 0 spiro atoms. The summed E-state index contributed by atoms with van der Waals surface area (Å²) < 4.78 is 0. The van der Waals surface area contributed by atoms with E-state index in [1.165, 1.54) is 6.20 Å². The van der Waals surface area contributed by atoms with Gasteiger partial charge in [0.2, 0.25) is 0 Å². The highest BCUT2D eigenvalue weighted by atomic mass is 16.4. The molecule has 0 radical (unpaired) electrons. The normalized spacial score (nSPS) is 22.7. The summed E-state index contributed by atoms with van der Waals surface area (Å²) in [6, 6.07) is 3.44. The number of nitrogens with one attached hydrogen (secondary N) is 1. The number of nitrogens with zero attached hydrogens (tertiary/aromatic N) is 1. The van der Waals surface area contributed by atoms with Gasteiger partial charge in [0.05, 0.1) is 5.92 Å². The Labute approximate surface area is 104 Å². The molecule has 6 nitrogen and oxygen atoms in total. The summed E-state index contributed by atoms with van der Waals surface area (Å²) in [6.45, 7) is 0. The summed E-state index contributed by atoms with van der Waals surface area (Å²) in [5.41, 5.74) is 6.09. The highest BCUT2D eigenvalue weighted by Crippen LogP contribution is 2.28. The summed E-state index contributed by atoms with van der Waals surface area (Å²) in [4.78, 5) is 25.7. The van der Waals surface area contributed by atoms with Gasteiger partial charge in [0.15, 0.2) is 0 Å². The van der Waals surface area contributed by atoms with E-state index in [9.17, 15) is 9.59 Å². The second kappa shape index (κ2) is 5.03. The molecule has 0 aromatic carbocycles. The molecule has 1 saturated carbocycles. The van der Waals surface area contributed by atoms with Crippen LogP contribution >= 0.6 is 0 Å². The first-order valence-corrected chi connectivity index (χ1v) is 5.81. The van der Waals surface area contributed by atoms with Gasteiger partial charge in [0, 0.05) is 17.9 Å². The lowest BCUT2D eigenvalue weighted by atomic mass is 10.1. The van der Waals surface area contributed by atoms with Crippen molar-refractivity contribution in [3.63, 3.8) is 0 Å². The monoisotopic (exact) mass is 249 g/mol. The minimum absolute atomic E-state index is 0.120. The van der Waals surface area contributed by atoms with Crippen LogP contribution in [0.1, 0.15) is 29.8 Å². The molecule has 0 aliphatic heterocycles. The van der Waals surface area contributed by atoms with Crippen LogP contribution in [0.5, 0.6) is 0 Å². The van der Waals surface area contributed by atoms with Crippen LogP contribution in [0.3, 0.4) is 0 Å². The third-order valence-electron chi connectivity index (χ3n) is 3.17. The number of carbonyl (C=O) groups is 2. The summed E-state index contributed by atoms with van der Waals surface area (Å²) >= 11 is 0. The Balaban J connectivity index is 2.00. The smallest absolute Gasteiger partial charge is 0.306 e. The number of hydrogen-bond acceptors (Lipinski definition) is 4. The van der Waals surface area contributed by atoms with Crippen molar-refractivity contribution in [3.05, 3.63) is 24.0 Å². The fourth-order valence-electron chi connectivity index (χ4n) is 2.23. The number of rotatable bonds is 4. The summed E-state index contributed by atoms with van der Waals surface area (Å²) in [5, 5.41) is 12.1. The third-order valence-corrected chi connectivity index (χ3v) is 3.17. The largest absolute Gasteiger partial charge is 0.481 e. The zero-order valence-electron chi connectivity index (χ0n) is 9.80. The molecule has 96 valence electrons. The summed E-state index contributed by atoms with van der Waals surface area (Å²) in [6.07, 6.45) is 3.60. The quantitative estimate of drug-likeness (QED) is 0.733. The van der Waals surface area contributed by atoms with Crippen molar-refractivity contribution in [2.75, 3.05) is 5.32 Å². The van der Waals surface area contributed by atoms with Crippen LogP contribution in [-0.4, -0.2) is 28.0 Å². The molecule has 1 amide bonds. The van der Waals surface area contributed by atoms with E-state index >= 15 is 0 Å². The van der Waals surface area contributed by atoms with Crippen molar-refractivity contribution < 1.29 is 14.7 Å². The molecular formula is C12H15N3O3. The van der Waals surface area contributed by atoms with E-state index in [0.29, 0.717) is 12.8 Å². The number of aliphatic carboxylic acids is 1. The van der Waals surface area contributed by atoms with Crippen molar-refractivity contribution >= 4 is 17.6 Å². The molecule has 1 aliphatic carbocycles.